The fraction of sp³-hybridized carbons (Fsp3) is 0.800. The van der Waals surface area contributed by atoms with Gasteiger partial charge in [0.25, 0.3) is 0 Å². The normalized spacial score (nSPS) is 14.8. The molecule has 0 bridgehead atoms. The number of methoxy groups -OCH3 is 1. The first-order chi connectivity index (χ1) is 10.7. The van der Waals surface area contributed by atoms with Crippen molar-refractivity contribution in [3.8, 4) is 0 Å². The van der Waals surface area contributed by atoms with Crippen molar-refractivity contribution < 1.29 is 14.3 Å². The summed E-state index contributed by atoms with van der Waals surface area (Å²) >= 11 is 0. The molecule has 0 aromatic rings. The second-order valence-corrected chi connectivity index (χ2v) is 5.24. The average Bonchev–Trinajstić information content (AvgIpc) is 3.06. The van der Waals surface area contributed by atoms with Gasteiger partial charge in [0.15, 0.2) is 5.96 Å². The fourth-order valence-corrected chi connectivity index (χ4v) is 2.26. The number of nitrogens with zero attached hydrogens (tertiary/aromatic N) is 2. The van der Waals surface area contributed by atoms with E-state index in [1.807, 2.05) is 11.8 Å². The maximum absolute atomic E-state index is 12.0. The molecular formula is C15H28N4O3. The highest BCUT2D eigenvalue weighted by atomic mass is 16.5. The van der Waals surface area contributed by atoms with Crippen LogP contribution in [0.15, 0.2) is 4.99 Å². The van der Waals surface area contributed by atoms with E-state index in [9.17, 15) is 9.59 Å². The Morgan fingerprint density at radius 2 is 1.91 bits per heavy atom. The zero-order valence-electron chi connectivity index (χ0n) is 13.7. The minimum atomic E-state index is -0.184. The molecule has 0 aromatic carbocycles. The molecule has 0 radical (unpaired) electrons. The second kappa shape index (κ2) is 10.9. The molecule has 1 amide bonds. The van der Waals surface area contributed by atoms with E-state index in [0.717, 1.165) is 45.3 Å². The number of likely N-dealkylation sites (tertiary alicyclic amines) is 1. The van der Waals surface area contributed by atoms with Gasteiger partial charge in [-0.05, 0) is 32.6 Å². The van der Waals surface area contributed by atoms with Gasteiger partial charge in [0, 0.05) is 32.6 Å². The number of amides is 1. The Balaban J connectivity index is 2.26. The summed E-state index contributed by atoms with van der Waals surface area (Å²) in [5.74, 6) is 0.547. The van der Waals surface area contributed by atoms with Gasteiger partial charge in [0.05, 0.1) is 7.11 Å². The van der Waals surface area contributed by atoms with Crippen molar-refractivity contribution >= 4 is 17.8 Å². The van der Waals surface area contributed by atoms with Gasteiger partial charge >= 0.3 is 5.97 Å². The number of carbonyl (C=O) groups excluding carboxylic acids is 2. The summed E-state index contributed by atoms with van der Waals surface area (Å²) < 4.78 is 4.59. The van der Waals surface area contributed by atoms with Crippen LogP contribution in [-0.4, -0.2) is 62.6 Å². The predicted molar refractivity (Wildman–Crippen MR) is 85.7 cm³/mol. The molecule has 7 nitrogen and oxygen atoms in total. The topological polar surface area (TPSA) is 83.0 Å². The van der Waals surface area contributed by atoms with E-state index in [1.165, 1.54) is 7.11 Å². The summed E-state index contributed by atoms with van der Waals surface area (Å²) in [6, 6.07) is 0. The first kappa shape index (κ1) is 18.3. The van der Waals surface area contributed by atoms with Crippen molar-refractivity contribution in [1.82, 2.24) is 15.5 Å². The molecule has 22 heavy (non-hydrogen) atoms. The zero-order valence-corrected chi connectivity index (χ0v) is 13.7. The second-order valence-electron chi connectivity index (χ2n) is 5.24. The van der Waals surface area contributed by atoms with E-state index in [4.69, 9.17) is 0 Å². The lowest BCUT2D eigenvalue weighted by Gasteiger charge is -2.15. The van der Waals surface area contributed by atoms with E-state index < -0.39 is 0 Å². The molecule has 1 fully saturated rings. The Morgan fingerprint density at radius 1 is 1.18 bits per heavy atom. The molecule has 0 aromatic heterocycles. The fourth-order valence-electron chi connectivity index (χ4n) is 2.26. The van der Waals surface area contributed by atoms with E-state index >= 15 is 0 Å². The van der Waals surface area contributed by atoms with Gasteiger partial charge in [-0.15, -0.1) is 0 Å². The lowest BCUT2D eigenvalue weighted by atomic mass is 10.2. The average molecular weight is 312 g/mol. The van der Waals surface area contributed by atoms with Crippen molar-refractivity contribution in [2.24, 2.45) is 4.99 Å². The molecule has 7 heteroatoms. The summed E-state index contributed by atoms with van der Waals surface area (Å²) in [7, 11) is 1.40. The summed E-state index contributed by atoms with van der Waals surface area (Å²) in [6.45, 7) is 5.32. The number of carbonyl (C=O) groups is 2. The van der Waals surface area contributed by atoms with Gasteiger partial charge in [-0.3, -0.25) is 9.59 Å². The first-order valence-corrected chi connectivity index (χ1v) is 8.04. The number of ether oxygens (including phenoxy) is 1. The molecule has 2 N–H and O–H groups in total. The van der Waals surface area contributed by atoms with Crippen LogP contribution in [0.5, 0.6) is 0 Å². The van der Waals surface area contributed by atoms with Crippen LogP contribution in [0.25, 0.3) is 0 Å². The van der Waals surface area contributed by atoms with Crippen LogP contribution in [0.1, 0.15) is 39.0 Å². The number of aliphatic imine (C=N–C) groups is 1. The lowest BCUT2D eigenvalue weighted by molar-refractivity contribution is -0.140. The molecule has 0 aliphatic carbocycles. The summed E-state index contributed by atoms with van der Waals surface area (Å²) in [6.07, 6.45) is 4.23. The number of esters is 1. The van der Waals surface area contributed by atoms with Gasteiger partial charge in [-0.1, -0.05) is 0 Å². The highest BCUT2D eigenvalue weighted by Crippen LogP contribution is 2.07. The van der Waals surface area contributed by atoms with Crippen LogP contribution in [0.4, 0.5) is 0 Å². The Morgan fingerprint density at radius 3 is 2.55 bits per heavy atom. The Kier molecular flexibility index (Phi) is 9.02. The molecule has 0 spiro atoms. The number of hydrogen-bond acceptors (Lipinski definition) is 4. The van der Waals surface area contributed by atoms with Crippen LogP contribution in [-0.2, 0) is 14.3 Å². The van der Waals surface area contributed by atoms with Crippen molar-refractivity contribution in [3.05, 3.63) is 0 Å². The number of nitrogens with one attached hydrogen (secondary N) is 2. The minimum absolute atomic E-state index is 0.0837. The van der Waals surface area contributed by atoms with Crippen molar-refractivity contribution in [3.63, 3.8) is 0 Å². The number of rotatable bonds is 8. The van der Waals surface area contributed by atoms with Gasteiger partial charge in [0.1, 0.15) is 6.54 Å². The monoisotopic (exact) mass is 312 g/mol. The van der Waals surface area contributed by atoms with Crippen LogP contribution in [0.2, 0.25) is 0 Å². The maximum Gasteiger partial charge on any atom is 0.305 e. The van der Waals surface area contributed by atoms with Crippen molar-refractivity contribution in [2.75, 3.05) is 39.8 Å². The molecule has 1 aliphatic heterocycles. The molecule has 126 valence electrons. The first-order valence-electron chi connectivity index (χ1n) is 8.04. The smallest absolute Gasteiger partial charge is 0.305 e. The summed E-state index contributed by atoms with van der Waals surface area (Å²) in [4.78, 5) is 29.1. The molecule has 1 heterocycles. The number of hydrogen-bond donors (Lipinski definition) is 2. The number of unbranched alkanes of at least 4 members (excludes halogenated alkanes) is 1. The van der Waals surface area contributed by atoms with E-state index in [2.05, 4.69) is 20.4 Å². The highest BCUT2D eigenvalue weighted by Gasteiger charge is 2.17. The Hall–Kier alpha value is -1.79. The molecule has 0 atom stereocenters. The van der Waals surface area contributed by atoms with E-state index in [-0.39, 0.29) is 18.4 Å². The lowest BCUT2D eigenvalue weighted by Crippen LogP contribution is -2.39. The van der Waals surface area contributed by atoms with E-state index in [0.29, 0.717) is 18.9 Å². The van der Waals surface area contributed by atoms with E-state index in [1.54, 1.807) is 0 Å². The third-order valence-corrected chi connectivity index (χ3v) is 3.50. The molecule has 1 saturated heterocycles. The van der Waals surface area contributed by atoms with Crippen molar-refractivity contribution in [2.45, 2.75) is 39.0 Å². The third-order valence-electron chi connectivity index (χ3n) is 3.50. The molecule has 1 rings (SSSR count). The maximum atomic E-state index is 12.0. The Labute approximate surface area is 132 Å². The van der Waals surface area contributed by atoms with Gasteiger partial charge in [0.2, 0.25) is 5.91 Å². The highest BCUT2D eigenvalue weighted by molar-refractivity contribution is 5.85. The van der Waals surface area contributed by atoms with Crippen molar-refractivity contribution in [1.29, 1.82) is 0 Å². The largest absolute Gasteiger partial charge is 0.469 e. The van der Waals surface area contributed by atoms with Gasteiger partial charge < -0.3 is 20.3 Å². The molecular weight excluding hydrogens is 284 g/mol. The SMILES string of the molecule is CCNC(=NCC(=O)N1CCCC1)NCCCCC(=O)OC. The van der Waals surface area contributed by atoms with Crippen LogP contribution >= 0.6 is 0 Å². The van der Waals surface area contributed by atoms with Gasteiger partial charge in [-0.2, -0.15) is 0 Å². The molecule has 0 unspecified atom stereocenters. The quantitative estimate of drug-likeness (QED) is 0.295. The standard InChI is InChI=1S/C15H28N4O3/c1-3-16-15(17-9-5-4-8-14(21)22-2)18-12-13(20)19-10-6-7-11-19/h3-12H2,1-2H3,(H2,16,17,18). The zero-order chi connectivity index (χ0) is 16.2. The molecule has 0 saturated carbocycles. The Bertz CT molecular complexity index is 379. The van der Waals surface area contributed by atoms with Crippen LogP contribution in [0, 0.1) is 0 Å². The summed E-state index contributed by atoms with van der Waals surface area (Å²) in [5, 5.41) is 6.29. The van der Waals surface area contributed by atoms with Gasteiger partial charge in [-0.25, -0.2) is 4.99 Å². The summed E-state index contributed by atoms with van der Waals surface area (Å²) in [5.41, 5.74) is 0. The van der Waals surface area contributed by atoms with Crippen LogP contribution < -0.4 is 10.6 Å². The molecule has 1 aliphatic rings. The number of guanidine groups is 1. The minimum Gasteiger partial charge on any atom is -0.469 e. The predicted octanol–water partition coefficient (Wildman–Crippen LogP) is 0.507. The van der Waals surface area contributed by atoms with Crippen LogP contribution in [0.3, 0.4) is 0 Å². The third kappa shape index (κ3) is 7.28.